The minimum Gasteiger partial charge on any atom is -0.466 e. The highest BCUT2D eigenvalue weighted by molar-refractivity contribution is 5.76. The topological polar surface area (TPSA) is 26.3 Å². The van der Waals surface area contributed by atoms with E-state index in [0.29, 0.717) is 13.0 Å². The molecule has 1 aliphatic rings. The molecule has 1 aliphatic carbocycles. The Morgan fingerprint density at radius 3 is 3.00 bits per heavy atom. The summed E-state index contributed by atoms with van der Waals surface area (Å²) in [5, 5.41) is 0. The van der Waals surface area contributed by atoms with Crippen LogP contribution in [-0.4, -0.2) is 12.6 Å². The first-order valence-corrected chi connectivity index (χ1v) is 6.65. The van der Waals surface area contributed by atoms with Gasteiger partial charge in [-0.15, -0.1) is 0 Å². The van der Waals surface area contributed by atoms with Crippen LogP contribution >= 0.6 is 0 Å². The van der Waals surface area contributed by atoms with E-state index in [-0.39, 0.29) is 11.9 Å². The number of esters is 1. The van der Waals surface area contributed by atoms with Gasteiger partial charge in [-0.3, -0.25) is 4.79 Å². The highest BCUT2D eigenvalue weighted by Crippen LogP contribution is 2.34. The maximum atomic E-state index is 11.6. The number of aryl methyl sites for hydroxylation is 1. The molecule has 2 nitrogen and oxygen atoms in total. The third-order valence-corrected chi connectivity index (χ3v) is 3.57. The highest BCUT2D eigenvalue weighted by Gasteiger charge is 2.22. The molecule has 0 fully saturated rings. The lowest BCUT2D eigenvalue weighted by Crippen LogP contribution is -2.12. The lowest BCUT2D eigenvalue weighted by Gasteiger charge is -2.17. The van der Waals surface area contributed by atoms with Crippen LogP contribution in [0.4, 0.5) is 0 Å². The molecule has 0 radical (unpaired) electrons. The van der Waals surface area contributed by atoms with Crippen molar-refractivity contribution < 1.29 is 9.53 Å². The molecule has 0 aliphatic heterocycles. The zero-order valence-electron chi connectivity index (χ0n) is 10.9. The Morgan fingerprint density at radius 1 is 1.44 bits per heavy atom. The lowest BCUT2D eigenvalue weighted by molar-refractivity contribution is -0.143. The van der Waals surface area contributed by atoms with Crippen molar-refractivity contribution in [3.05, 3.63) is 42.0 Å². The second-order valence-electron chi connectivity index (χ2n) is 4.78. The first kappa shape index (κ1) is 12.9. The van der Waals surface area contributed by atoms with Gasteiger partial charge in [-0.05, 0) is 48.8 Å². The van der Waals surface area contributed by atoms with E-state index < -0.39 is 0 Å². The Morgan fingerprint density at radius 2 is 2.22 bits per heavy atom. The largest absolute Gasteiger partial charge is 0.466 e. The fourth-order valence-electron chi connectivity index (χ4n) is 2.63. The van der Waals surface area contributed by atoms with Crippen LogP contribution in [0.1, 0.15) is 37.3 Å². The number of hydrogen-bond acceptors (Lipinski definition) is 2. The third kappa shape index (κ3) is 2.81. The van der Waals surface area contributed by atoms with E-state index in [0.717, 1.165) is 24.8 Å². The second kappa shape index (κ2) is 5.85. The van der Waals surface area contributed by atoms with Gasteiger partial charge in [-0.1, -0.05) is 30.8 Å². The number of hydrogen-bond donors (Lipinski definition) is 0. The maximum Gasteiger partial charge on any atom is 0.306 e. The van der Waals surface area contributed by atoms with E-state index in [4.69, 9.17) is 4.74 Å². The van der Waals surface area contributed by atoms with Crippen molar-refractivity contribution >= 4 is 11.5 Å². The smallest absolute Gasteiger partial charge is 0.306 e. The molecule has 0 aromatic heterocycles. The number of allylic oxidation sites excluding steroid dienone is 1. The van der Waals surface area contributed by atoms with Crippen LogP contribution in [0.2, 0.25) is 0 Å². The van der Waals surface area contributed by atoms with Crippen LogP contribution < -0.4 is 0 Å². The third-order valence-electron chi connectivity index (χ3n) is 3.57. The Labute approximate surface area is 109 Å². The van der Waals surface area contributed by atoms with Crippen molar-refractivity contribution in [2.24, 2.45) is 5.92 Å². The Balaban J connectivity index is 2.15. The van der Waals surface area contributed by atoms with Gasteiger partial charge in [0, 0.05) is 0 Å². The van der Waals surface area contributed by atoms with Gasteiger partial charge in [-0.25, -0.2) is 0 Å². The molecule has 0 N–H and O–H groups in total. The number of fused-ring (bicyclic) bond motifs is 1. The van der Waals surface area contributed by atoms with Gasteiger partial charge in [0.2, 0.25) is 0 Å². The summed E-state index contributed by atoms with van der Waals surface area (Å²) in [7, 11) is 0. The van der Waals surface area contributed by atoms with Gasteiger partial charge in [0.1, 0.15) is 0 Å². The molecule has 0 amide bonds. The summed E-state index contributed by atoms with van der Waals surface area (Å²) >= 11 is 0. The molecule has 96 valence electrons. The van der Waals surface area contributed by atoms with Crippen LogP contribution in [-0.2, 0) is 16.0 Å². The molecule has 0 bridgehead atoms. The molecule has 0 saturated heterocycles. The number of ether oxygens (including phenoxy) is 1. The molecule has 0 heterocycles. The molecule has 0 spiro atoms. The monoisotopic (exact) mass is 244 g/mol. The molecule has 2 heteroatoms. The van der Waals surface area contributed by atoms with E-state index >= 15 is 0 Å². The maximum absolute atomic E-state index is 11.6. The molecular formula is C16H20O2. The molecule has 18 heavy (non-hydrogen) atoms. The summed E-state index contributed by atoms with van der Waals surface area (Å²) in [6.45, 7) is 6.50. The van der Waals surface area contributed by atoms with Gasteiger partial charge in [0.15, 0.2) is 0 Å². The fraction of sp³-hybridized carbons (Fsp3) is 0.438. The SMILES string of the molecule is C=C1c2ccccc2CCCC1CC(=O)OCC. The fourth-order valence-corrected chi connectivity index (χ4v) is 2.63. The van der Waals surface area contributed by atoms with Crippen LogP contribution in [0.15, 0.2) is 30.8 Å². The van der Waals surface area contributed by atoms with Crippen LogP contribution in [0.5, 0.6) is 0 Å². The number of carbonyl (C=O) groups is 1. The van der Waals surface area contributed by atoms with Crippen molar-refractivity contribution in [3.63, 3.8) is 0 Å². The predicted octanol–water partition coefficient (Wildman–Crippen LogP) is 3.61. The number of rotatable bonds is 3. The van der Waals surface area contributed by atoms with E-state index in [1.54, 1.807) is 0 Å². The average molecular weight is 244 g/mol. The van der Waals surface area contributed by atoms with Crippen molar-refractivity contribution in [3.8, 4) is 0 Å². The van der Waals surface area contributed by atoms with E-state index in [1.807, 2.05) is 13.0 Å². The number of carbonyl (C=O) groups excluding carboxylic acids is 1. The standard InChI is InChI=1S/C16H20O2/c1-3-18-16(17)11-14-9-6-8-13-7-4-5-10-15(13)12(14)2/h4-5,7,10,14H,2-3,6,8-9,11H2,1H3. The minimum absolute atomic E-state index is 0.108. The summed E-state index contributed by atoms with van der Waals surface area (Å²) in [4.78, 5) is 11.6. The van der Waals surface area contributed by atoms with Crippen molar-refractivity contribution in [2.75, 3.05) is 6.61 Å². The first-order chi connectivity index (χ1) is 8.72. The zero-order valence-corrected chi connectivity index (χ0v) is 10.9. The minimum atomic E-state index is -0.108. The molecule has 1 aromatic rings. The van der Waals surface area contributed by atoms with E-state index in [9.17, 15) is 4.79 Å². The summed E-state index contributed by atoms with van der Waals surface area (Å²) in [6.07, 6.45) is 3.67. The summed E-state index contributed by atoms with van der Waals surface area (Å²) in [5.41, 5.74) is 3.68. The summed E-state index contributed by atoms with van der Waals surface area (Å²) in [6, 6.07) is 8.38. The van der Waals surface area contributed by atoms with Gasteiger partial charge in [-0.2, -0.15) is 0 Å². The molecular weight excluding hydrogens is 224 g/mol. The molecule has 1 atom stereocenters. The molecule has 1 unspecified atom stereocenters. The Bertz CT molecular complexity index is 448. The summed E-state index contributed by atoms with van der Waals surface area (Å²) in [5.74, 6) is 0.121. The second-order valence-corrected chi connectivity index (χ2v) is 4.78. The first-order valence-electron chi connectivity index (χ1n) is 6.65. The quantitative estimate of drug-likeness (QED) is 0.600. The van der Waals surface area contributed by atoms with Crippen molar-refractivity contribution in [1.82, 2.24) is 0 Å². The van der Waals surface area contributed by atoms with Gasteiger partial charge in [0.25, 0.3) is 0 Å². The van der Waals surface area contributed by atoms with Gasteiger partial charge in [0.05, 0.1) is 13.0 Å². The van der Waals surface area contributed by atoms with Crippen LogP contribution in [0, 0.1) is 5.92 Å². The Hall–Kier alpha value is -1.57. The average Bonchev–Trinajstić information content (AvgIpc) is 2.51. The van der Waals surface area contributed by atoms with Crippen molar-refractivity contribution in [2.45, 2.75) is 32.6 Å². The normalized spacial score (nSPS) is 18.9. The van der Waals surface area contributed by atoms with Crippen LogP contribution in [0.3, 0.4) is 0 Å². The van der Waals surface area contributed by atoms with Gasteiger partial charge < -0.3 is 4.74 Å². The van der Waals surface area contributed by atoms with Crippen LogP contribution in [0.25, 0.3) is 5.57 Å². The Kier molecular flexibility index (Phi) is 4.19. The highest BCUT2D eigenvalue weighted by atomic mass is 16.5. The van der Waals surface area contributed by atoms with E-state index in [1.165, 1.54) is 11.1 Å². The molecule has 0 saturated carbocycles. The summed E-state index contributed by atoms with van der Waals surface area (Å²) < 4.78 is 5.04. The van der Waals surface area contributed by atoms with Gasteiger partial charge >= 0.3 is 5.97 Å². The zero-order chi connectivity index (χ0) is 13.0. The van der Waals surface area contributed by atoms with E-state index in [2.05, 4.69) is 24.8 Å². The molecule has 1 aromatic carbocycles. The predicted molar refractivity (Wildman–Crippen MR) is 73.2 cm³/mol. The molecule has 2 rings (SSSR count). The lowest BCUT2D eigenvalue weighted by atomic mass is 9.89. The van der Waals surface area contributed by atoms with Crippen molar-refractivity contribution in [1.29, 1.82) is 0 Å². The number of benzene rings is 1.